The number of phenols is 1. The Morgan fingerprint density at radius 2 is 1.90 bits per heavy atom. The lowest BCUT2D eigenvalue weighted by Gasteiger charge is -2.03. The van der Waals surface area contributed by atoms with Crippen LogP contribution in [0.1, 0.15) is 5.56 Å². The highest BCUT2D eigenvalue weighted by Crippen LogP contribution is 2.32. The number of nitrogens with zero attached hydrogens (tertiary/aromatic N) is 2. The smallest absolute Gasteiger partial charge is 0.271 e. The second-order valence-corrected chi connectivity index (χ2v) is 5.72. The number of nitrogens with one attached hydrogen (secondary N) is 1. The van der Waals surface area contributed by atoms with Crippen LogP contribution in [0.2, 0.25) is 0 Å². The zero-order valence-corrected chi connectivity index (χ0v) is 13.6. The lowest BCUT2D eigenvalue weighted by Crippen LogP contribution is -1.93. The van der Waals surface area contributed by atoms with Gasteiger partial charge < -0.3 is 5.11 Å². The monoisotopic (exact) mass is 413 g/mol. The number of benzene rings is 2. The molecular weight excluding hydrogens is 406 g/mol. The number of aromatic hydroxyl groups is 1. The van der Waals surface area contributed by atoms with Crippen LogP contribution in [0, 0.1) is 10.1 Å². The number of hydrazone groups is 1. The lowest BCUT2D eigenvalue weighted by molar-refractivity contribution is -0.384. The average Bonchev–Trinajstić information content (AvgIpc) is 2.45. The van der Waals surface area contributed by atoms with E-state index in [9.17, 15) is 15.2 Å². The molecule has 2 rings (SSSR count). The Labute approximate surface area is 136 Å². The summed E-state index contributed by atoms with van der Waals surface area (Å²) in [6.07, 6.45) is 1.54. The van der Waals surface area contributed by atoms with Crippen molar-refractivity contribution in [3.8, 4) is 5.75 Å². The van der Waals surface area contributed by atoms with Crippen LogP contribution in [0.5, 0.6) is 5.75 Å². The summed E-state index contributed by atoms with van der Waals surface area (Å²) in [5.74, 6) is 0.110. The van der Waals surface area contributed by atoms with Gasteiger partial charge in [0.15, 0.2) is 0 Å². The molecule has 0 aliphatic heterocycles. The predicted molar refractivity (Wildman–Crippen MR) is 87.8 cm³/mol. The molecule has 108 valence electrons. The second-order valence-electron chi connectivity index (χ2n) is 4.01. The van der Waals surface area contributed by atoms with Crippen LogP contribution in [-0.2, 0) is 0 Å². The highest BCUT2D eigenvalue weighted by atomic mass is 79.9. The Kier molecular flexibility index (Phi) is 4.92. The minimum absolute atomic E-state index is 0.00896. The van der Waals surface area contributed by atoms with E-state index in [4.69, 9.17) is 0 Å². The first-order valence-electron chi connectivity index (χ1n) is 5.69. The van der Waals surface area contributed by atoms with Crippen molar-refractivity contribution in [3.05, 3.63) is 61.0 Å². The topological polar surface area (TPSA) is 87.8 Å². The van der Waals surface area contributed by atoms with E-state index in [0.29, 0.717) is 14.6 Å². The van der Waals surface area contributed by atoms with Crippen LogP contribution in [0.4, 0.5) is 11.4 Å². The second kappa shape index (κ2) is 6.68. The predicted octanol–water partition coefficient (Wildman–Crippen LogP) is 4.27. The first kappa shape index (κ1) is 15.5. The first-order chi connectivity index (χ1) is 9.97. The Bertz CT molecular complexity index is 697. The number of hydrogen-bond acceptors (Lipinski definition) is 5. The SMILES string of the molecule is O=[N+]([O-])c1cccc(NN=Cc2cc(Br)c(O)c(Br)c2)c1. The maximum Gasteiger partial charge on any atom is 0.271 e. The van der Waals surface area contributed by atoms with Gasteiger partial charge in [0.1, 0.15) is 5.75 Å². The van der Waals surface area contributed by atoms with Gasteiger partial charge in [-0.2, -0.15) is 5.10 Å². The third-order valence-electron chi connectivity index (χ3n) is 2.50. The van der Waals surface area contributed by atoms with Crippen LogP contribution in [0.15, 0.2) is 50.4 Å². The lowest BCUT2D eigenvalue weighted by atomic mass is 10.2. The molecule has 0 aromatic heterocycles. The molecule has 8 heteroatoms. The fraction of sp³-hybridized carbons (Fsp3) is 0. The van der Waals surface area contributed by atoms with Crippen molar-refractivity contribution >= 4 is 49.4 Å². The van der Waals surface area contributed by atoms with E-state index < -0.39 is 4.92 Å². The van der Waals surface area contributed by atoms with Crippen LogP contribution >= 0.6 is 31.9 Å². The summed E-state index contributed by atoms with van der Waals surface area (Å²) in [6.45, 7) is 0. The van der Waals surface area contributed by atoms with E-state index in [1.807, 2.05) is 0 Å². The van der Waals surface area contributed by atoms with Gasteiger partial charge in [-0.1, -0.05) is 6.07 Å². The molecule has 0 spiro atoms. The minimum Gasteiger partial charge on any atom is -0.506 e. The summed E-state index contributed by atoms with van der Waals surface area (Å²) in [4.78, 5) is 10.2. The summed E-state index contributed by atoms with van der Waals surface area (Å²) in [5.41, 5.74) is 3.96. The molecule has 2 aromatic rings. The third kappa shape index (κ3) is 4.02. The van der Waals surface area contributed by atoms with Crippen molar-refractivity contribution in [1.29, 1.82) is 0 Å². The van der Waals surface area contributed by atoms with Crippen LogP contribution in [-0.4, -0.2) is 16.2 Å². The molecule has 0 heterocycles. The van der Waals surface area contributed by atoms with E-state index in [-0.39, 0.29) is 11.4 Å². The van der Waals surface area contributed by atoms with Crippen LogP contribution in [0.25, 0.3) is 0 Å². The molecule has 0 aliphatic rings. The largest absolute Gasteiger partial charge is 0.506 e. The van der Waals surface area contributed by atoms with Crippen molar-refractivity contribution < 1.29 is 10.0 Å². The minimum atomic E-state index is -0.469. The van der Waals surface area contributed by atoms with Gasteiger partial charge in [0.25, 0.3) is 5.69 Å². The summed E-state index contributed by atoms with van der Waals surface area (Å²) >= 11 is 6.44. The maximum absolute atomic E-state index is 10.7. The maximum atomic E-state index is 10.7. The van der Waals surface area contributed by atoms with E-state index in [1.54, 1.807) is 24.3 Å². The third-order valence-corrected chi connectivity index (χ3v) is 3.71. The van der Waals surface area contributed by atoms with Crippen LogP contribution in [0.3, 0.4) is 0 Å². The standard InChI is InChI=1S/C13H9Br2N3O3/c14-11-4-8(5-12(15)13(11)19)7-16-17-9-2-1-3-10(6-9)18(20)21/h1-7,17,19H. The number of non-ortho nitro benzene ring substituents is 1. The van der Waals surface area contributed by atoms with Gasteiger partial charge in [-0.3, -0.25) is 15.5 Å². The van der Waals surface area contributed by atoms with Crippen molar-refractivity contribution in [1.82, 2.24) is 0 Å². The average molecular weight is 415 g/mol. The Morgan fingerprint density at radius 3 is 2.52 bits per heavy atom. The number of anilines is 1. The molecule has 21 heavy (non-hydrogen) atoms. The molecular formula is C13H9Br2N3O3. The normalized spacial score (nSPS) is 10.8. The number of nitro groups is 1. The molecule has 0 radical (unpaired) electrons. The number of hydrogen-bond donors (Lipinski definition) is 2. The molecule has 2 N–H and O–H groups in total. The summed E-state index contributed by atoms with van der Waals surface area (Å²) in [5, 5.41) is 24.3. The number of rotatable bonds is 4. The Morgan fingerprint density at radius 1 is 1.24 bits per heavy atom. The highest BCUT2D eigenvalue weighted by molar-refractivity contribution is 9.11. The zero-order chi connectivity index (χ0) is 15.4. The molecule has 0 unspecified atom stereocenters. The van der Waals surface area contributed by atoms with E-state index >= 15 is 0 Å². The molecule has 2 aromatic carbocycles. The summed E-state index contributed by atoms with van der Waals surface area (Å²) < 4.78 is 1.07. The summed E-state index contributed by atoms with van der Waals surface area (Å²) in [6, 6.07) is 9.43. The fourth-order valence-corrected chi connectivity index (χ4v) is 2.75. The quantitative estimate of drug-likeness (QED) is 0.444. The first-order valence-corrected chi connectivity index (χ1v) is 7.27. The Hall–Kier alpha value is -1.93. The van der Waals surface area contributed by atoms with Gasteiger partial charge in [0.05, 0.1) is 25.8 Å². The van der Waals surface area contributed by atoms with E-state index in [1.165, 1.54) is 18.3 Å². The van der Waals surface area contributed by atoms with E-state index in [2.05, 4.69) is 42.4 Å². The highest BCUT2D eigenvalue weighted by Gasteiger charge is 2.05. The molecule has 0 amide bonds. The molecule has 0 saturated heterocycles. The van der Waals surface area contributed by atoms with Crippen molar-refractivity contribution in [2.24, 2.45) is 5.10 Å². The van der Waals surface area contributed by atoms with Crippen molar-refractivity contribution in [2.45, 2.75) is 0 Å². The molecule has 0 bridgehead atoms. The van der Waals surface area contributed by atoms with Gasteiger partial charge in [-0.05, 0) is 55.6 Å². The number of nitro benzene ring substituents is 1. The molecule has 6 nitrogen and oxygen atoms in total. The van der Waals surface area contributed by atoms with Crippen LogP contribution < -0.4 is 5.43 Å². The molecule has 0 fully saturated rings. The van der Waals surface area contributed by atoms with Gasteiger partial charge in [-0.15, -0.1) is 0 Å². The van der Waals surface area contributed by atoms with Gasteiger partial charge in [0.2, 0.25) is 0 Å². The van der Waals surface area contributed by atoms with Crippen molar-refractivity contribution in [3.63, 3.8) is 0 Å². The van der Waals surface area contributed by atoms with Gasteiger partial charge >= 0.3 is 0 Å². The number of phenolic OH excluding ortho intramolecular Hbond substituents is 1. The van der Waals surface area contributed by atoms with Gasteiger partial charge in [-0.25, -0.2) is 0 Å². The zero-order valence-electron chi connectivity index (χ0n) is 10.5. The summed E-state index contributed by atoms with van der Waals surface area (Å²) in [7, 11) is 0. The number of halogens is 2. The Balaban J connectivity index is 2.12. The molecule has 0 aliphatic carbocycles. The molecule has 0 saturated carbocycles. The fourth-order valence-electron chi connectivity index (χ4n) is 1.53. The van der Waals surface area contributed by atoms with Crippen molar-refractivity contribution in [2.75, 3.05) is 5.43 Å². The van der Waals surface area contributed by atoms with E-state index in [0.717, 1.165) is 5.56 Å². The molecule has 0 atom stereocenters. The van der Waals surface area contributed by atoms with Gasteiger partial charge in [0, 0.05) is 12.1 Å².